The topological polar surface area (TPSA) is 143 Å². The van der Waals surface area contributed by atoms with E-state index in [1.54, 1.807) is 48.1 Å². The fourth-order valence-electron chi connectivity index (χ4n) is 4.12. The first-order chi connectivity index (χ1) is 17.3. The van der Waals surface area contributed by atoms with E-state index in [4.69, 9.17) is 0 Å². The highest BCUT2D eigenvalue weighted by Gasteiger charge is 2.31. The van der Waals surface area contributed by atoms with Crippen molar-refractivity contribution in [1.29, 1.82) is 0 Å². The Morgan fingerprint density at radius 2 is 1.94 bits per heavy atom. The van der Waals surface area contributed by atoms with Gasteiger partial charge < -0.3 is 20.9 Å². The van der Waals surface area contributed by atoms with Crippen LogP contribution in [0.25, 0.3) is 11.5 Å². The SMILES string of the molecule is CNc1cc(Nc2cccn(-c3cc(C)n(C)n3)c2=O)nn2c(C(=O)N[C@@H]3CCN(C)C3=O)cnc12. The molecule has 2 amide bonds. The Kier molecular flexibility index (Phi) is 5.66. The Morgan fingerprint density at radius 1 is 1.14 bits per heavy atom. The van der Waals surface area contributed by atoms with Crippen LogP contribution >= 0.6 is 0 Å². The van der Waals surface area contributed by atoms with Crippen molar-refractivity contribution in [3.05, 3.63) is 58.4 Å². The number of aryl methyl sites for hydroxylation is 2. The summed E-state index contributed by atoms with van der Waals surface area (Å²) in [5.74, 6) is 0.230. The molecule has 1 fully saturated rings. The summed E-state index contributed by atoms with van der Waals surface area (Å²) in [6.45, 7) is 2.49. The van der Waals surface area contributed by atoms with Crippen molar-refractivity contribution in [2.75, 3.05) is 31.3 Å². The zero-order valence-corrected chi connectivity index (χ0v) is 20.3. The standard InChI is InChI=1S/C23H26N10O3/c1-13-10-19(29-31(13)4)32-8-5-6-14(23(32)36)26-18-11-16(24-2)20-25-12-17(33(20)28-18)21(34)27-15-7-9-30(3)22(15)35/h5-6,8,10-12,15,24H,7,9H2,1-4H3,(H,26,28)(H,27,34)/t15-/m1/s1. The number of anilines is 3. The number of hydrogen-bond donors (Lipinski definition) is 3. The van der Waals surface area contributed by atoms with Crippen LogP contribution in [0.1, 0.15) is 22.6 Å². The molecule has 0 bridgehead atoms. The zero-order chi connectivity index (χ0) is 25.6. The van der Waals surface area contributed by atoms with Crippen molar-refractivity contribution in [2.24, 2.45) is 7.05 Å². The van der Waals surface area contributed by atoms with Gasteiger partial charge in [-0.15, -0.1) is 5.10 Å². The number of nitrogens with one attached hydrogen (secondary N) is 3. The first-order valence-corrected chi connectivity index (χ1v) is 11.4. The number of likely N-dealkylation sites (tertiary alicyclic amines) is 1. The summed E-state index contributed by atoms with van der Waals surface area (Å²) in [4.78, 5) is 44.3. The number of likely N-dealkylation sites (N-methyl/N-ethyl adjacent to an activating group) is 1. The van der Waals surface area contributed by atoms with E-state index in [-0.39, 0.29) is 22.8 Å². The van der Waals surface area contributed by atoms with Crippen molar-refractivity contribution in [2.45, 2.75) is 19.4 Å². The molecule has 3 N–H and O–H groups in total. The van der Waals surface area contributed by atoms with Gasteiger partial charge in [-0.1, -0.05) is 0 Å². The summed E-state index contributed by atoms with van der Waals surface area (Å²) in [5.41, 5.74) is 2.08. The quantitative estimate of drug-likeness (QED) is 0.358. The molecule has 0 aromatic carbocycles. The van der Waals surface area contributed by atoms with E-state index < -0.39 is 11.9 Å². The number of hydrogen-bond acceptors (Lipinski definition) is 8. The first-order valence-electron chi connectivity index (χ1n) is 11.4. The molecule has 5 heterocycles. The highest BCUT2D eigenvalue weighted by Crippen LogP contribution is 2.22. The van der Waals surface area contributed by atoms with Gasteiger partial charge >= 0.3 is 0 Å². The summed E-state index contributed by atoms with van der Waals surface area (Å²) in [6, 6.07) is 6.30. The fourth-order valence-corrected chi connectivity index (χ4v) is 4.12. The molecule has 36 heavy (non-hydrogen) atoms. The molecule has 0 radical (unpaired) electrons. The van der Waals surface area contributed by atoms with E-state index in [1.165, 1.54) is 15.3 Å². The predicted octanol–water partition coefficient (Wildman–Crippen LogP) is 0.668. The predicted molar refractivity (Wildman–Crippen MR) is 133 cm³/mol. The Morgan fingerprint density at radius 3 is 2.61 bits per heavy atom. The molecule has 0 aliphatic carbocycles. The van der Waals surface area contributed by atoms with Crippen LogP contribution in [0.4, 0.5) is 17.2 Å². The maximum atomic E-state index is 13.2. The van der Waals surface area contributed by atoms with Crippen LogP contribution in [0, 0.1) is 6.92 Å². The van der Waals surface area contributed by atoms with Gasteiger partial charge in [0.25, 0.3) is 11.5 Å². The average Bonchev–Trinajstić information content (AvgIpc) is 3.53. The number of fused-ring (bicyclic) bond motifs is 1. The van der Waals surface area contributed by atoms with Gasteiger partial charge in [-0.25, -0.2) is 9.50 Å². The number of nitrogens with zero attached hydrogens (tertiary/aromatic N) is 7. The Hall–Kier alpha value is -4.68. The maximum Gasteiger partial charge on any atom is 0.280 e. The first kappa shape index (κ1) is 23.1. The molecule has 1 atom stereocenters. The minimum atomic E-state index is -0.587. The van der Waals surface area contributed by atoms with Crippen LogP contribution in [0.5, 0.6) is 0 Å². The molecule has 1 aliphatic heterocycles. The number of rotatable bonds is 6. The third-order valence-electron chi connectivity index (χ3n) is 6.26. The lowest BCUT2D eigenvalue weighted by molar-refractivity contribution is -0.128. The minimum absolute atomic E-state index is 0.133. The molecule has 13 heteroatoms. The van der Waals surface area contributed by atoms with Gasteiger partial charge in [0.2, 0.25) is 5.91 Å². The third-order valence-corrected chi connectivity index (χ3v) is 6.26. The number of imidazole rings is 1. The molecular formula is C23H26N10O3. The fraction of sp³-hybridized carbons (Fsp3) is 0.304. The number of aromatic nitrogens is 6. The number of carbonyl (C=O) groups excluding carboxylic acids is 2. The molecule has 5 rings (SSSR count). The van der Waals surface area contributed by atoms with Gasteiger partial charge in [0.1, 0.15) is 11.7 Å². The highest BCUT2D eigenvalue weighted by molar-refractivity contribution is 5.97. The normalized spacial score (nSPS) is 15.5. The third kappa shape index (κ3) is 3.93. The summed E-state index contributed by atoms with van der Waals surface area (Å²) in [6.07, 6.45) is 3.59. The smallest absolute Gasteiger partial charge is 0.280 e. The molecule has 0 spiro atoms. The second kappa shape index (κ2) is 8.83. The largest absolute Gasteiger partial charge is 0.385 e. The van der Waals surface area contributed by atoms with Crippen molar-refractivity contribution in [1.82, 2.24) is 39.2 Å². The zero-order valence-electron chi connectivity index (χ0n) is 20.3. The Balaban J connectivity index is 1.49. The van der Waals surface area contributed by atoms with E-state index in [9.17, 15) is 14.4 Å². The maximum absolute atomic E-state index is 13.2. The molecule has 13 nitrogen and oxygen atoms in total. The molecule has 1 saturated heterocycles. The number of pyridine rings is 1. The molecule has 1 aliphatic rings. The molecule has 0 saturated carbocycles. The van der Waals surface area contributed by atoms with Gasteiger partial charge in [-0.2, -0.15) is 5.10 Å². The van der Waals surface area contributed by atoms with Crippen LogP contribution < -0.4 is 21.5 Å². The molecule has 0 unspecified atom stereocenters. The highest BCUT2D eigenvalue weighted by atomic mass is 16.2. The van der Waals surface area contributed by atoms with Crippen LogP contribution in [-0.2, 0) is 11.8 Å². The van der Waals surface area contributed by atoms with Crippen molar-refractivity contribution in [3.8, 4) is 5.82 Å². The summed E-state index contributed by atoms with van der Waals surface area (Å²) in [5, 5.41) is 17.7. The second-order valence-corrected chi connectivity index (χ2v) is 8.64. The second-order valence-electron chi connectivity index (χ2n) is 8.64. The van der Waals surface area contributed by atoms with E-state index >= 15 is 0 Å². The summed E-state index contributed by atoms with van der Waals surface area (Å²) < 4.78 is 4.52. The lowest BCUT2D eigenvalue weighted by Gasteiger charge is -2.13. The molecule has 186 valence electrons. The average molecular weight is 491 g/mol. The monoisotopic (exact) mass is 490 g/mol. The van der Waals surface area contributed by atoms with Crippen molar-refractivity contribution < 1.29 is 9.59 Å². The van der Waals surface area contributed by atoms with Crippen LogP contribution in [0.3, 0.4) is 0 Å². The van der Waals surface area contributed by atoms with Crippen LogP contribution in [0.15, 0.2) is 41.5 Å². The lowest BCUT2D eigenvalue weighted by atomic mass is 10.2. The molecular weight excluding hydrogens is 464 g/mol. The van der Waals surface area contributed by atoms with Gasteiger partial charge in [0, 0.05) is 51.7 Å². The lowest BCUT2D eigenvalue weighted by Crippen LogP contribution is -2.41. The van der Waals surface area contributed by atoms with E-state index in [1.807, 2.05) is 20.0 Å². The summed E-state index contributed by atoms with van der Waals surface area (Å²) in [7, 11) is 5.23. The minimum Gasteiger partial charge on any atom is -0.385 e. The number of carbonyl (C=O) groups is 2. The Bertz CT molecular complexity index is 1530. The van der Waals surface area contributed by atoms with Gasteiger partial charge in [0.05, 0.1) is 11.9 Å². The van der Waals surface area contributed by atoms with Gasteiger partial charge in [-0.3, -0.25) is 23.6 Å². The molecule has 4 aromatic heterocycles. The van der Waals surface area contributed by atoms with Crippen molar-refractivity contribution >= 4 is 34.7 Å². The number of amides is 2. The van der Waals surface area contributed by atoms with Crippen LogP contribution in [-0.4, -0.2) is 72.3 Å². The van der Waals surface area contributed by atoms with E-state index in [0.29, 0.717) is 35.9 Å². The Labute approximate surface area is 205 Å². The van der Waals surface area contributed by atoms with Crippen LogP contribution in [0.2, 0.25) is 0 Å². The van der Waals surface area contributed by atoms with Gasteiger partial charge in [-0.05, 0) is 25.5 Å². The van der Waals surface area contributed by atoms with Crippen molar-refractivity contribution in [3.63, 3.8) is 0 Å². The van der Waals surface area contributed by atoms with Gasteiger partial charge in [0.15, 0.2) is 23.0 Å². The van der Waals surface area contributed by atoms with E-state index in [0.717, 1.165) is 5.69 Å². The molecule has 4 aromatic rings. The van der Waals surface area contributed by atoms with E-state index in [2.05, 4.69) is 31.1 Å². The summed E-state index contributed by atoms with van der Waals surface area (Å²) >= 11 is 0.